The summed E-state index contributed by atoms with van der Waals surface area (Å²) >= 11 is 8.17. The molecule has 0 radical (unpaired) electrons. The third-order valence-corrected chi connectivity index (χ3v) is 6.26. The van der Waals surface area contributed by atoms with Gasteiger partial charge < -0.3 is 4.90 Å². The van der Waals surface area contributed by atoms with Gasteiger partial charge in [-0.1, -0.05) is 41.9 Å². The zero-order valence-corrected chi connectivity index (χ0v) is 15.4. The zero-order valence-electron chi connectivity index (χ0n) is 13.8. The monoisotopic (exact) mass is 356 g/mol. The van der Waals surface area contributed by atoms with Gasteiger partial charge in [0, 0.05) is 47.3 Å². The Morgan fingerprint density at radius 1 is 1.00 bits per heavy atom. The summed E-state index contributed by atoms with van der Waals surface area (Å²) in [7, 11) is 2.20. The first-order valence-electron chi connectivity index (χ1n) is 8.38. The second-order valence-electron chi connectivity index (χ2n) is 6.50. The van der Waals surface area contributed by atoms with Gasteiger partial charge in [-0.15, -0.1) is 11.3 Å². The topological polar surface area (TPSA) is 6.48 Å². The number of thiophene rings is 1. The normalized spacial score (nSPS) is 16.8. The Bertz CT molecular complexity index is 835. The third kappa shape index (κ3) is 3.22. The summed E-state index contributed by atoms with van der Waals surface area (Å²) in [5.41, 5.74) is 2.73. The van der Waals surface area contributed by atoms with Crippen molar-refractivity contribution in [1.82, 2.24) is 9.80 Å². The minimum atomic E-state index is 0.819. The van der Waals surface area contributed by atoms with E-state index in [4.69, 9.17) is 11.6 Å². The molecule has 24 heavy (non-hydrogen) atoms. The summed E-state index contributed by atoms with van der Waals surface area (Å²) in [5, 5.41) is 2.13. The van der Waals surface area contributed by atoms with E-state index >= 15 is 0 Å². The van der Waals surface area contributed by atoms with E-state index in [0.29, 0.717) is 0 Å². The van der Waals surface area contributed by atoms with Crippen LogP contribution in [0.5, 0.6) is 0 Å². The van der Waals surface area contributed by atoms with Crippen LogP contribution in [0.2, 0.25) is 5.02 Å². The Hall–Kier alpha value is -1.39. The molecule has 1 saturated heterocycles. The molecule has 3 aromatic rings. The van der Waals surface area contributed by atoms with Crippen LogP contribution in [0.1, 0.15) is 5.56 Å². The Labute approximate surface area is 152 Å². The van der Waals surface area contributed by atoms with Crippen molar-refractivity contribution in [2.75, 3.05) is 33.2 Å². The third-order valence-electron chi connectivity index (χ3n) is 4.77. The van der Waals surface area contributed by atoms with Crippen molar-refractivity contribution in [2.45, 2.75) is 6.54 Å². The van der Waals surface area contributed by atoms with E-state index in [2.05, 4.69) is 59.3 Å². The lowest BCUT2D eigenvalue weighted by molar-refractivity contribution is 0.149. The Morgan fingerprint density at radius 2 is 1.75 bits per heavy atom. The SMILES string of the molecule is CN1CCN(Cc2c(-c3ccccc3)sc3ccc(Cl)cc23)CC1. The summed E-state index contributed by atoms with van der Waals surface area (Å²) in [6.45, 7) is 5.54. The lowest BCUT2D eigenvalue weighted by atomic mass is 10.0. The summed E-state index contributed by atoms with van der Waals surface area (Å²) < 4.78 is 1.32. The van der Waals surface area contributed by atoms with Gasteiger partial charge in [-0.25, -0.2) is 0 Å². The molecule has 0 saturated carbocycles. The molecule has 0 unspecified atom stereocenters. The maximum absolute atomic E-state index is 6.29. The van der Waals surface area contributed by atoms with Gasteiger partial charge in [0.25, 0.3) is 0 Å². The number of halogens is 1. The number of likely N-dealkylation sites (N-methyl/N-ethyl adjacent to an activating group) is 1. The highest BCUT2D eigenvalue weighted by Gasteiger charge is 2.19. The lowest BCUT2D eigenvalue weighted by Gasteiger charge is -2.32. The second kappa shape index (κ2) is 6.85. The summed E-state index contributed by atoms with van der Waals surface area (Å²) in [6.07, 6.45) is 0. The van der Waals surface area contributed by atoms with Crippen LogP contribution < -0.4 is 0 Å². The fraction of sp³-hybridized carbons (Fsp3) is 0.300. The molecule has 1 aromatic heterocycles. The van der Waals surface area contributed by atoms with E-state index in [-0.39, 0.29) is 0 Å². The van der Waals surface area contributed by atoms with Crippen LogP contribution in [0.25, 0.3) is 20.5 Å². The second-order valence-corrected chi connectivity index (χ2v) is 7.98. The molecule has 1 fully saturated rings. The number of nitrogens with zero attached hydrogens (tertiary/aromatic N) is 2. The van der Waals surface area contributed by atoms with Gasteiger partial charge in [0.05, 0.1) is 0 Å². The molecule has 0 atom stereocenters. The smallest absolute Gasteiger partial charge is 0.0413 e. The van der Waals surface area contributed by atoms with Crippen molar-refractivity contribution in [2.24, 2.45) is 0 Å². The largest absolute Gasteiger partial charge is 0.304 e. The molecule has 2 heterocycles. The van der Waals surface area contributed by atoms with Crippen LogP contribution in [0.15, 0.2) is 48.5 Å². The zero-order chi connectivity index (χ0) is 16.5. The van der Waals surface area contributed by atoms with Crippen LogP contribution >= 0.6 is 22.9 Å². The average Bonchev–Trinajstić information content (AvgIpc) is 2.95. The van der Waals surface area contributed by atoms with Crippen LogP contribution in [-0.4, -0.2) is 43.0 Å². The van der Waals surface area contributed by atoms with Gasteiger partial charge in [-0.2, -0.15) is 0 Å². The molecule has 0 bridgehead atoms. The highest BCUT2D eigenvalue weighted by atomic mass is 35.5. The van der Waals surface area contributed by atoms with Gasteiger partial charge in [0.15, 0.2) is 0 Å². The van der Waals surface area contributed by atoms with Crippen LogP contribution in [0.3, 0.4) is 0 Å². The van der Waals surface area contributed by atoms with Gasteiger partial charge in [-0.05, 0) is 41.8 Å². The minimum absolute atomic E-state index is 0.819. The molecule has 124 valence electrons. The average molecular weight is 357 g/mol. The van der Waals surface area contributed by atoms with Gasteiger partial charge in [0.1, 0.15) is 0 Å². The van der Waals surface area contributed by atoms with Crippen molar-refractivity contribution in [3.63, 3.8) is 0 Å². The van der Waals surface area contributed by atoms with E-state index in [1.165, 1.54) is 26.1 Å². The van der Waals surface area contributed by atoms with E-state index in [1.54, 1.807) is 0 Å². The number of piperazine rings is 1. The molecule has 0 N–H and O–H groups in total. The Morgan fingerprint density at radius 3 is 2.50 bits per heavy atom. The Balaban J connectivity index is 1.77. The maximum atomic E-state index is 6.29. The predicted molar refractivity (Wildman–Crippen MR) is 105 cm³/mol. The van der Waals surface area contributed by atoms with Crippen molar-refractivity contribution in [3.8, 4) is 10.4 Å². The molecule has 4 rings (SSSR count). The van der Waals surface area contributed by atoms with Crippen LogP contribution in [0.4, 0.5) is 0 Å². The van der Waals surface area contributed by atoms with E-state index in [9.17, 15) is 0 Å². The highest BCUT2D eigenvalue weighted by molar-refractivity contribution is 7.22. The fourth-order valence-corrected chi connectivity index (χ4v) is 4.70. The first-order valence-corrected chi connectivity index (χ1v) is 9.57. The van der Waals surface area contributed by atoms with Crippen molar-refractivity contribution >= 4 is 33.0 Å². The highest BCUT2D eigenvalue weighted by Crippen LogP contribution is 2.40. The summed E-state index contributed by atoms with van der Waals surface area (Å²) in [4.78, 5) is 6.35. The van der Waals surface area contributed by atoms with E-state index < -0.39 is 0 Å². The van der Waals surface area contributed by atoms with Crippen molar-refractivity contribution in [1.29, 1.82) is 0 Å². The first-order chi connectivity index (χ1) is 11.7. The molecular formula is C20H21ClN2S. The fourth-order valence-electron chi connectivity index (χ4n) is 3.33. The molecule has 1 aliphatic rings. The van der Waals surface area contributed by atoms with Crippen LogP contribution in [0, 0.1) is 0 Å². The standard InChI is InChI=1S/C20H21ClN2S/c1-22-9-11-23(12-10-22)14-18-17-13-16(21)7-8-19(17)24-20(18)15-5-3-2-4-6-15/h2-8,13H,9-12,14H2,1H3. The molecule has 2 aromatic carbocycles. The van der Waals surface area contributed by atoms with E-state index in [0.717, 1.165) is 37.7 Å². The lowest BCUT2D eigenvalue weighted by Crippen LogP contribution is -2.43. The molecular weight excluding hydrogens is 336 g/mol. The number of fused-ring (bicyclic) bond motifs is 1. The molecule has 2 nitrogen and oxygen atoms in total. The maximum Gasteiger partial charge on any atom is 0.0413 e. The van der Waals surface area contributed by atoms with Crippen molar-refractivity contribution in [3.05, 3.63) is 59.1 Å². The van der Waals surface area contributed by atoms with Gasteiger partial charge in [0.2, 0.25) is 0 Å². The number of hydrogen-bond acceptors (Lipinski definition) is 3. The molecule has 0 aliphatic carbocycles. The predicted octanol–water partition coefficient (Wildman–Crippen LogP) is 4.97. The Kier molecular flexibility index (Phi) is 4.59. The van der Waals surface area contributed by atoms with Gasteiger partial charge in [-0.3, -0.25) is 4.90 Å². The van der Waals surface area contributed by atoms with E-state index in [1.807, 2.05) is 17.4 Å². The molecule has 0 amide bonds. The van der Waals surface area contributed by atoms with Crippen LogP contribution in [-0.2, 0) is 6.54 Å². The number of rotatable bonds is 3. The number of benzene rings is 2. The molecule has 4 heteroatoms. The number of hydrogen-bond donors (Lipinski definition) is 0. The quantitative estimate of drug-likeness (QED) is 0.653. The summed E-state index contributed by atoms with van der Waals surface area (Å²) in [6, 6.07) is 17.0. The molecule has 1 aliphatic heterocycles. The minimum Gasteiger partial charge on any atom is -0.304 e. The molecule has 0 spiro atoms. The van der Waals surface area contributed by atoms with Gasteiger partial charge >= 0.3 is 0 Å². The summed E-state index contributed by atoms with van der Waals surface area (Å²) in [5.74, 6) is 0. The first kappa shape index (κ1) is 16.1. The van der Waals surface area contributed by atoms with Crippen molar-refractivity contribution < 1.29 is 0 Å².